The second kappa shape index (κ2) is 5.21. The van der Waals surface area contributed by atoms with Crippen LogP contribution in [0.3, 0.4) is 0 Å². The van der Waals surface area contributed by atoms with Crippen molar-refractivity contribution in [2.24, 2.45) is 0 Å². The average Bonchev–Trinajstić information content (AvgIpc) is 2.47. The van der Waals surface area contributed by atoms with Gasteiger partial charge < -0.3 is 4.90 Å². The number of hydrogen-bond donors (Lipinski definition) is 0. The van der Waals surface area contributed by atoms with Gasteiger partial charge in [-0.25, -0.2) is 0 Å². The summed E-state index contributed by atoms with van der Waals surface area (Å²) in [5.41, 5.74) is 4.31. The molecule has 0 atom stereocenters. The Kier molecular flexibility index (Phi) is 3.38. The van der Waals surface area contributed by atoms with E-state index < -0.39 is 0 Å². The summed E-state index contributed by atoms with van der Waals surface area (Å²) in [7, 11) is 0. The highest BCUT2D eigenvalue weighted by Crippen LogP contribution is 2.37. The van der Waals surface area contributed by atoms with Crippen LogP contribution in [0.15, 0.2) is 54.6 Å². The van der Waals surface area contributed by atoms with E-state index in [-0.39, 0.29) is 5.54 Å². The molecule has 1 aliphatic heterocycles. The first-order chi connectivity index (χ1) is 10.1. The van der Waals surface area contributed by atoms with E-state index in [0.29, 0.717) is 0 Å². The van der Waals surface area contributed by atoms with Crippen molar-refractivity contribution < 1.29 is 4.79 Å². The number of carbonyl (C=O) groups is 1. The van der Waals surface area contributed by atoms with Crippen molar-refractivity contribution in [1.29, 1.82) is 0 Å². The predicted molar refractivity (Wildman–Crippen MR) is 86.4 cm³/mol. The van der Waals surface area contributed by atoms with Crippen molar-refractivity contribution in [1.82, 2.24) is 4.90 Å². The smallest absolute Gasteiger partial charge is 0.214 e. The van der Waals surface area contributed by atoms with Crippen LogP contribution in [-0.2, 0) is 11.2 Å². The third-order valence-electron chi connectivity index (χ3n) is 4.04. The number of rotatable bonds is 2. The molecular weight excluding hydrogens is 258 g/mol. The average molecular weight is 277 g/mol. The molecule has 1 aliphatic rings. The Morgan fingerprint density at radius 3 is 2.38 bits per heavy atom. The number of carbonyl (C=O) groups excluding carboxylic acids is 1. The van der Waals surface area contributed by atoms with Crippen molar-refractivity contribution in [3.63, 3.8) is 0 Å². The minimum Gasteiger partial charge on any atom is -0.308 e. The molecule has 2 nitrogen and oxygen atoms in total. The van der Waals surface area contributed by atoms with Crippen molar-refractivity contribution in [3.8, 4) is 0 Å². The molecule has 0 unspecified atom stereocenters. The van der Waals surface area contributed by atoms with E-state index in [0.717, 1.165) is 29.7 Å². The molecule has 106 valence electrons. The lowest BCUT2D eigenvalue weighted by Gasteiger charge is -2.42. The molecule has 2 aromatic carbocycles. The summed E-state index contributed by atoms with van der Waals surface area (Å²) in [6, 6.07) is 18.5. The molecule has 21 heavy (non-hydrogen) atoms. The quantitative estimate of drug-likeness (QED) is 0.760. The third kappa shape index (κ3) is 2.49. The van der Waals surface area contributed by atoms with Crippen LogP contribution < -0.4 is 0 Å². The molecule has 0 aliphatic carbocycles. The Morgan fingerprint density at radius 1 is 1.00 bits per heavy atom. The molecule has 0 saturated heterocycles. The van der Waals surface area contributed by atoms with E-state index in [1.54, 1.807) is 0 Å². The number of fused-ring (bicyclic) bond motifs is 1. The predicted octanol–water partition coefficient (Wildman–Crippen LogP) is 3.98. The van der Waals surface area contributed by atoms with E-state index >= 15 is 0 Å². The molecule has 0 spiro atoms. The van der Waals surface area contributed by atoms with Gasteiger partial charge in [-0.2, -0.15) is 0 Å². The van der Waals surface area contributed by atoms with Crippen LogP contribution in [-0.4, -0.2) is 16.8 Å². The summed E-state index contributed by atoms with van der Waals surface area (Å²) < 4.78 is 0. The number of nitrogens with zero attached hydrogens (tertiary/aromatic N) is 1. The topological polar surface area (TPSA) is 20.3 Å². The van der Waals surface area contributed by atoms with Gasteiger partial charge in [0.25, 0.3) is 0 Å². The van der Waals surface area contributed by atoms with Gasteiger partial charge in [-0.3, -0.25) is 4.79 Å². The molecular formula is C19H19NO. The van der Waals surface area contributed by atoms with E-state index in [1.807, 2.05) is 29.2 Å². The zero-order chi connectivity index (χ0) is 14.9. The monoisotopic (exact) mass is 277 g/mol. The lowest BCUT2D eigenvalue weighted by atomic mass is 9.83. The van der Waals surface area contributed by atoms with Crippen molar-refractivity contribution in [3.05, 3.63) is 71.3 Å². The summed E-state index contributed by atoms with van der Waals surface area (Å²) in [4.78, 5) is 13.5. The molecule has 0 saturated carbocycles. The minimum absolute atomic E-state index is 0.212. The van der Waals surface area contributed by atoms with Crippen molar-refractivity contribution >= 4 is 18.2 Å². The maximum Gasteiger partial charge on any atom is 0.214 e. The summed E-state index contributed by atoms with van der Waals surface area (Å²) in [6.45, 7) is 4.21. The van der Waals surface area contributed by atoms with Gasteiger partial charge >= 0.3 is 0 Å². The zero-order valence-corrected chi connectivity index (χ0v) is 12.4. The first kappa shape index (κ1) is 13.6. The maximum atomic E-state index is 11.7. The lowest BCUT2D eigenvalue weighted by molar-refractivity contribution is -0.118. The molecule has 1 heterocycles. The fourth-order valence-electron chi connectivity index (χ4n) is 2.99. The lowest BCUT2D eigenvalue weighted by Crippen LogP contribution is -2.46. The van der Waals surface area contributed by atoms with Gasteiger partial charge in [-0.05, 0) is 37.5 Å². The van der Waals surface area contributed by atoms with Crippen molar-refractivity contribution in [2.75, 3.05) is 0 Å². The van der Waals surface area contributed by atoms with Crippen LogP contribution in [0, 0.1) is 0 Å². The van der Waals surface area contributed by atoms with E-state index in [4.69, 9.17) is 0 Å². The molecule has 0 N–H and O–H groups in total. The van der Waals surface area contributed by atoms with Gasteiger partial charge in [-0.15, -0.1) is 0 Å². The van der Waals surface area contributed by atoms with Gasteiger partial charge in [0.05, 0.1) is 5.70 Å². The number of amides is 1. The largest absolute Gasteiger partial charge is 0.308 e. The highest BCUT2D eigenvalue weighted by atomic mass is 16.1. The number of benzene rings is 2. The minimum atomic E-state index is -0.212. The second-order valence-electron chi connectivity index (χ2n) is 6.06. The first-order valence-corrected chi connectivity index (χ1v) is 7.21. The molecule has 2 aromatic rings. The van der Waals surface area contributed by atoms with Crippen molar-refractivity contribution in [2.45, 2.75) is 25.8 Å². The van der Waals surface area contributed by atoms with E-state index in [2.05, 4.69) is 50.3 Å². The first-order valence-electron chi connectivity index (χ1n) is 7.21. The standard InChI is InChI=1S/C19H19NO/c1-19(2)13-16-10-6-7-11-17(16)18(20(19)14-21)12-15-8-4-3-5-9-15/h3-12,14H,13H2,1-2H3/b18-12-. The molecule has 0 bridgehead atoms. The van der Waals surface area contributed by atoms with Crippen LogP contribution in [0.4, 0.5) is 0 Å². The van der Waals surface area contributed by atoms with Gasteiger partial charge in [0.2, 0.25) is 6.41 Å². The highest BCUT2D eigenvalue weighted by molar-refractivity contribution is 5.88. The van der Waals surface area contributed by atoms with Gasteiger partial charge in [0.1, 0.15) is 0 Å². The molecule has 0 radical (unpaired) electrons. The Morgan fingerprint density at radius 2 is 1.67 bits per heavy atom. The van der Waals surface area contributed by atoms with Gasteiger partial charge in [0, 0.05) is 11.1 Å². The summed E-state index contributed by atoms with van der Waals surface area (Å²) in [5, 5.41) is 0. The fraction of sp³-hybridized carbons (Fsp3) is 0.211. The normalized spacial score (nSPS) is 18.4. The summed E-state index contributed by atoms with van der Waals surface area (Å²) in [6.07, 6.45) is 3.91. The fourth-order valence-corrected chi connectivity index (χ4v) is 2.99. The third-order valence-corrected chi connectivity index (χ3v) is 4.04. The molecule has 1 amide bonds. The highest BCUT2D eigenvalue weighted by Gasteiger charge is 2.35. The van der Waals surface area contributed by atoms with Gasteiger partial charge in [0.15, 0.2) is 0 Å². The Bertz CT molecular complexity index is 686. The second-order valence-corrected chi connectivity index (χ2v) is 6.06. The van der Waals surface area contributed by atoms with Crippen LogP contribution >= 0.6 is 0 Å². The van der Waals surface area contributed by atoms with Crippen LogP contribution in [0.25, 0.3) is 11.8 Å². The van der Waals surface area contributed by atoms with Crippen LogP contribution in [0.5, 0.6) is 0 Å². The van der Waals surface area contributed by atoms with E-state index in [1.165, 1.54) is 5.56 Å². The number of hydrogen-bond acceptors (Lipinski definition) is 1. The van der Waals surface area contributed by atoms with Gasteiger partial charge in [-0.1, -0.05) is 54.6 Å². The molecule has 3 rings (SSSR count). The molecule has 2 heteroatoms. The van der Waals surface area contributed by atoms with Crippen LogP contribution in [0.1, 0.15) is 30.5 Å². The Labute approximate surface area is 125 Å². The maximum absolute atomic E-state index is 11.7. The SMILES string of the molecule is CC1(C)Cc2ccccc2/C(=C/c2ccccc2)N1C=O. The van der Waals surface area contributed by atoms with E-state index in [9.17, 15) is 4.79 Å². The zero-order valence-electron chi connectivity index (χ0n) is 12.4. The molecule has 0 fully saturated rings. The molecule has 0 aromatic heterocycles. The summed E-state index contributed by atoms with van der Waals surface area (Å²) >= 11 is 0. The Balaban J connectivity index is 2.19. The Hall–Kier alpha value is -2.35. The summed E-state index contributed by atoms with van der Waals surface area (Å²) in [5.74, 6) is 0. The van der Waals surface area contributed by atoms with Crippen LogP contribution in [0.2, 0.25) is 0 Å².